The fraction of sp³-hybridized carbons (Fsp3) is 0.444. The first-order valence-corrected chi connectivity index (χ1v) is 13.7. The molecule has 6 heteroatoms. The van der Waals surface area contributed by atoms with Gasteiger partial charge < -0.3 is 4.90 Å². The van der Waals surface area contributed by atoms with E-state index in [-0.39, 0.29) is 17.9 Å². The predicted octanol–water partition coefficient (Wildman–Crippen LogP) is 4.77. The summed E-state index contributed by atoms with van der Waals surface area (Å²) in [5.74, 6) is 0.139. The van der Waals surface area contributed by atoms with E-state index in [4.69, 9.17) is 0 Å². The lowest BCUT2D eigenvalue weighted by molar-refractivity contribution is -0.140. The van der Waals surface area contributed by atoms with Crippen LogP contribution in [0.2, 0.25) is 0 Å². The second kappa shape index (κ2) is 9.43. The molecule has 2 aliphatic carbocycles. The Morgan fingerprint density at radius 1 is 0.909 bits per heavy atom. The zero-order valence-corrected chi connectivity index (χ0v) is 19.8. The number of hydrogen-bond donors (Lipinski definition) is 0. The summed E-state index contributed by atoms with van der Waals surface area (Å²) >= 11 is 0. The van der Waals surface area contributed by atoms with Gasteiger partial charge >= 0.3 is 0 Å². The fourth-order valence-corrected chi connectivity index (χ4v) is 6.56. The second-order valence-electron chi connectivity index (χ2n) is 9.52. The molecule has 2 aromatic carbocycles. The monoisotopic (exact) mass is 464 g/mol. The van der Waals surface area contributed by atoms with Crippen LogP contribution in [-0.4, -0.2) is 42.7 Å². The maximum atomic E-state index is 13.7. The number of carbonyl (C=O) groups is 1. The van der Waals surface area contributed by atoms with Crippen LogP contribution in [0, 0.1) is 5.92 Å². The van der Waals surface area contributed by atoms with Gasteiger partial charge in [-0.2, -0.15) is 4.31 Å². The Kier molecular flexibility index (Phi) is 6.39. The van der Waals surface area contributed by atoms with Crippen molar-refractivity contribution < 1.29 is 13.2 Å². The molecular weight excluding hydrogens is 432 g/mol. The molecule has 0 N–H and O–H groups in total. The van der Waals surface area contributed by atoms with Gasteiger partial charge in [0.05, 0.1) is 6.04 Å². The van der Waals surface area contributed by atoms with E-state index in [1.165, 1.54) is 20.8 Å². The third-order valence-corrected chi connectivity index (χ3v) is 8.83. The molecule has 33 heavy (non-hydrogen) atoms. The van der Waals surface area contributed by atoms with Gasteiger partial charge in [0.2, 0.25) is 15.9 Å². The van der Waals surface area contributed by atoms with Gasteiger partial charge in [0.1, 0.15) is 0 Å². The van der Waals surface area contributed by atoms with E-state index in [1.807, 2.05) is 30.3 Å². The highest BCUT2D eigenvalue weighted by molar-refractivity contribution is 7.92. The number of piperidine rings is 1. The van der Waals surface area contributed by atoms with Gasteiger partial charge in [-0.3, -0.25) is 4.79 Å². The fourth-order valence-electron chi connectivity index (χ4n) is 5.34. The van der Waals surface area contributed by atoms with Gasteiger partial charge in [-0.15, -0.1) is 0 Å². The van der Waals surface area contributed by atoms with Crippen molar-refractivity contribution >= 4 is 22.0 Å². The predicted molar refractivity (Wildman–Crippen MR) is 131 cm³/mol. The molecule has 0 aromatic heterocycles. The van der Waals surface area contributed by atoms with Crippen molar-refractivity contribution in [1.82, 2.24) is 9.21 Å². The van der Waals surface area contributed by atoms with E-state index in [2.05, 4.69) is 29.2 Å². The summed E-state index contributed by atoms with van der Waals surface area (Å²) in [6.45, 7) is 0.801. The van der Waals surface area contributed by atoms with Gasteiger partial charge in [0, 0.05) is 30.5 Å². The molecule has 1 saturated heterocycles. The van der Waals surface area contributed by atoms with Crippen molar-refractivity contribution in [2.45, 2.75) is 57.0 Å². The van der Waals surface area contributed by atoms with Crippen LogP contribution in [0.3, 0.4) is 0 Å². The highest BCUT2D eigenvalue weighted by atomic mass is 32.2. The highest BCUT2D eigenvalue weighted by Gasteiger charge is 2.42. The number of nitrogens with zero attached hydrogens (tertiary/aromatic N) is 2. The van der Waals surface area contributed by atoms with Crippen molar-refractivity contribution in [2.75, 3.05) is 13.1 Å². The minimum atomic E-state index is -3.49. The number of benzene rings is 2. The number of aryl methyl sites for hydroxylation is 1. The van der Waals surface area contributed by atoms with Crippen molar-refractivity contribution in [1.29, 1.82) is 0 Å². The van der Waals surface area contributed by atoms with Gasteiger partial charge in [-0.25, -0.2) is 8.42 Å². The molecule has 2 fully saturated rings. The third kappa shape index (κ3) is 4.92. The number of rotatable bonds is 6. The summed E-state index contributed by atoms with van der Waals surface area (Å²) in [6, 6.07) is 18.5. The number of hydrogen-bond acceptors (Lipinski definition) is 3. The summed E-state index contributed by atoms with van der Waals surface area (Å²) in [7, 11) is -3.49. The molecular formula is C27H32N2O3S. The Morgan fingerprint density at radius 2 is 1.61 bits per heavy atom. The zero-order valence-electron chi connectivity index (χ0n) is 19.0. The van der Waals surface area contributed by atoms with Crippen LogP contribution in [0.1, 0.15) is 61.3 Å². The lowest BCUT2D eigenvalue weighted by Gasteiger charge is -2.39. The van der Waals surface area contributed by atoms with Gasteiger partial charge in [-0.05, 0) is 67.7 Å². The summed E-state index contributed by atoms with van der Waals surface area (Å²) < 4.78 is 27.2. The van der Waals surface area contributed by atoms with E-state index in [0.717, 1.165) is 37.7 Å². The minimum absolute atomic E-state index is 0.0933. The van der Waals surface area contributed by atoms with Crippen LogP contribution in [0.15, 0.2) is 60.0 Å². The maximum Gasteiger partial charge on any atom is 0.236 e. The minimum Gasteiger partial charge on any atom is -0.332 e. The quantitative estimate of drug-likeness (QED) is 0.619. The van der Waals surface area contributed by atoms with Crippen molar-refractivity contribution in [3.63, 3.8) is 0 Å². The Bertz CT molecular complexity index is 1120. The van der Waals surface area contributed by atoms with E-state index in [0.29, 0.717) is 32.0 Å². The van der Waals surface area contributed by atoms with Crippen molar-refractivity contribution in [3.05, 3.63) is 76.7 Å². The molecule has 1 unspecified atom stereocenters. The summed E-state index contributed by atoms with van der Waals surface area (Å²) in [5.41, 5.74) is 3.55. The summed E-state index contributed by atoms with van der Waals surface area (Å²) in [4.78, 5) is 15.9. The van der Waals surface area contributed by atoms with E-state index < -0.39 is 10.0 Å². The van der Waals surface area contributed by atoms with E-state index in [9.17, 15) is 13.2 Å². The lowest BCUT2D eigenvalue weighted by Crippen LogP contribution is -2.46. The molecule has 2 aromatic rings. The van der Waals surface area contributed by atoms with Gasteiger partial charge in [0.25, 0.3) is 0 Å². The zero-order chi connectivity index (χ0) is 22.8. The van der Waals surface area contributed by atoms with Crippen molar-refractivity contribution in [3.8, 4) is 0 Å². The molecule has 1 saturated carbocycles. The molecule has 174 valence electrons. The maximum absolute atomic E-state index is 13.7. The Balaban J connectivity index is 1.26. The average Bonchev–Trinajstić information content (AvgIpc) is 3.69. The molecule has 0 bridgehead atoms. The topological polar surface area (TPSA) is 57.7 Å². The second-order valence-corrected chi connectivity index (χ2v) is 11.3. The third-order valence-electron chi connectivity index (χ3n) is 7.26. The van der Waals surface area contributed by atoms with Crippen LogP contribution < -0.4 is 0 Å². The number of amides is 1. The summed E-state index contributed by atoms with van der Waals surface area (Å²) in [5, 5.41) is 1.29. The molecule has 1 amide bonds. The molecule has 1 atom stereocenters. The van der Waals surface area contributed by atoms with E-state index >= 15 is 0 Å². The Morgan fingerprint density at radius 3 is 2.33 bits per heavy atom. The number of carbonyl (C=O) groups excluding carboxylic acids is 1. The Labute approximate surface area is 197 Å². The molecule has 5 nitrogen and oxygen atoms in total. The molecule has 3 aliphatic rings. The standard InChI is InChI=1S/C27H32N2O3S/c30-27(29(24-13-14-24)26-12-6-10-22-9-4-5-11-25(22)26)23-15-18-28(19-16-23)33(31,32)20-17-21-7-2-1-3-8-21/h1-5,7-9,11,17,20,23-24,26H,6,10,12-16,18-19H2/b20-17+. The first-order valence-electron chi connectivity index (χ1n) is 12.2. The largest absolute Gasteiger partial charge is 0.332 e. The van der Waals surface area contributed by atoms with Gasteiger partial charge in [0.15, 0.2) is 0 Å². The van der Waals surface area contributed by atoms with Crippen LogP contribution in [0.25, 0.3) is 6.08 Å². The molecule has 0 radical (unpaired) electrons. The first kappa shape index (κ1) is 22.4. The summed E-state index contributed by atoms with van der Waals surface area (Å²) in [6.07, 6.45) is 8.22. The highest BCUT2D eigenvalue weighted by Crippen LogP contribution is 2.42. The SMILES string of the molecule is O=C(C1CCN(S(=O)(=O)/C=C/c2ccccc2)CC1)N(C1CC1)C1CCCc2ccccc21. The number of sulfonamides is 1. The van der Waals surface area contributed by atoms with E-state index in [1.54, 1.807) is 6.08 Å². The molecule has 1 aliphatic heterocycles. The molecule has 5 rings (SSSR count). The van der Waals surface area contributed by atoms with Crippen molar-refractivity contribution in [2.24, 2.45) is 5.92 Å². The normalized spacial score (nSPS) is 22.2. The van der Waals surface area contributed by atoms with Crippen LogP contribution in [0.4, 0.5) is 0 Å². The van der Waals surface area contributed by atoms with Crippen LogP contribution >= 0.6 is 0 Å². The smallest absolute Gasteiger partial charge is 0.236 e. The lowest BCUT2D eigenvalue weighted by atomic mass is 9.85. The van der Waals surface area contributed by atoms with Gasteiger partial charge in [-0.1, -0.05) is 54.6 Å². The van der Waals surface area contributed by atoms with Crippen LogP contribution in [-0.2, 0) is 21.2 Å². The molecule has 1 heterocycles. The number of fused-ring (bicyclic) bond motifs is 1. The van der Waals surface area contributed by atoms with Crippen LogP contribution in [0.5, 0.6) is 0 Å². The average molecular weight is 465 g/mol. The Hall–Kier alpha value is -2.44. The first-order chi connectivity index (χ1) is 16.0. The molecule has 0 spiro atoms.